The number of halogens is 1. The first-order valence-corrected chi connectivity index (χ1v) is 10.9. The van der Waals surface area contributed by atoms with Gasteiger partial charge in [-0.2, -0.15) is 5.10 Å². The number of fused-ring (bicyclic) bond motifs is 1. The van der Waals surface area contributed by atoms with Crippen LogP contribution in [0.1, 0.15) is 58.6 Å². The van der Waals surface area contributed by atoms with Crippen molar-refractivity contribution in [3.8, 4) is 5.69 Å². The van der Waals surface area contributed by atoms with Gasteiger partial charge >= 0.3 is 0 Å². The second-order valence-corrected chi connectivity index (χ2v) is 8.35. The fourth-order valence-corrected chi connectivity index (χ4v) is 4.29. The van der Waals surface area contributed by atoms with Gasteiger partial charge < -0.3 is 4.57 Å². The summed E-state index contributed by atoms with van der Waals surface area (Å²) < 4.78 is 17.7. The van der Waals surface area contributed by atoms with Crippen LogP contribution in [0.5, 0.6) is 0 Å². The van der Waals surface area contributed by atoms with E-state index in [1.54, 1.807) is 19.3 Å². The molecular weight excluding hydrogens is 403 g/mol. The summed E-state index contributed by atoms with van der Waals surface area (Å²) in [5.41, 5.74) is 5.51. The number of aryl methyl sites for hydroxylation is 4. The Morgan fingerprint density at radius 3 is 2.69 bits per heavy atom. The van der Waals surface area contributed by atoms with Gasteiger partial charge in [0.1, 0.15) is 11.6 Å². The number of hydrogen-bond donors (Lipinski definition) is 0. The quantitative estimate of drug-likeness (QED) is 0.458. The van der Waals surface area contributed by atoms with Gasteiger partial charge in [-0.1, -0.05) is 12.1 Å². The Morgan fingerprint density at radius 2 is 1.94 bits per heavy atom. The first kappa shape index (κ1) is 20.3. The van der Waals surface area contributed by atoms with Gasteiger partial charge in [0.2, 0.25) is 0 Å². The minimum absolute atomic E-state index is 0.135. The fourth-order valence-electron chi connectivity index (χ4n) is 4.29. The van der Waals surface area contributed by atoms with E-state index in [2.05, 4.69) is 10.1 Å². The second-order valence-electron chi connectivity index (χ2n) is 8.35. The predicted molar refractivity (Wildman–Crippen MR) is 122 cm³/mol. The molecule has 0 spiro atoms. The van der Waals surface area contributed by atoms with E-state index in [0.717, 1.165) is 53.5 Å². The molecule has 162 valence electrons. The van der Waals surface area contributed by atoms with Crippen molar-refractivity contribution in [1.82, 2.24) is 29.3 Å². The molecule has 0 N–H and O–H groups in total. The lowest BCUT2D eigenvalue weighted by Gasteiger charge is -2.22. The van der Waals surface area contributed by atoms with Crippen LogP contribution >= 0.6 is 0 Å². The smallest absolute Gasteiger partial charge is 0.174 e. The number of hydrogen-bond acceptors (Lipinski definition) is 4. The number of nitrogens with zero attached hydrogens (tertiary/aromatic N) is 6. The molecule has 0 bridgehead atoms. The van der Waals surface area contributed by atoms with E-state index in [0.29, 0.717) is 11.4 Å². The van der Waals surface area contributed by atoms with Crippen molar-refractivity contribution in [2.45, 2.75) is 46.1 Å². The molecule has 0 unspecified atom stereocenters. The maximum absolute atomic E-state index is 13.7. The number of imidazole rings is 1. The van der Waals surface area contributed by atoms with E-state index < -0.39 is 0 Å². The van der Waals surface area contributed by atoms with Crippen LogP contribution in [-0.4, -0.2) is 29.3 Å². The zero-order chi connectivity index (χ0) is 22.2. The van der Waals surface area contributed by atoms with Crippen LogP contribution in [0.2, 0.25) is 0 Å². The Labute approximate surface area is 186 Å². The van der Waals surface area contributed by atoms with Crippen LogP contribution in [0.15, 0.2) is 42.9 Å². The molecule has 0 fully saturated rings. The Balaban J connectivity index is 1.39. The number of aromatic nitrogens is 6. The van der Waals surface area contributed by atoms with Crippen LogP contribution in [0, 0.1) is 26.6 Å². The van der Waals surface area contributed by atoms with Crippen LogP contribution in [-0.2, 0) is 6.54 Å². The summed E-state index contributed by atoms with van der Waals surface area (Å²) in [6.07, 6.45) is 9.64. The maximum Gasteiger partial charge on any atom is 0.174 e. The largest absolute Gasteiger partial charge is 0.304 e. The molecule has 6 nitrogen and oxygen atoms in total. The Bertz CT molecular complexity index is 1320. The van der Waals surface area contributed by atoms with Crippen molar-refractivity contribution in [2.24, 2.45) is 0 Å². The van der Waals surface area contributed by atoms with E-state index in [4.69, 9.17) is 9.97 Å². The Hall–Kier alpha value is -3.61. The van der Waals surface area contributed by atoms with Crippen LogP contribution in [0.25, 0.3) is 17.8 Å². The van der Waals surface area contributed by atoms with Gasteiger partial charge in [-0.15, -0.1) is 0 Å². The second kappa shape index (κ2) is 8.15. The average molecular weight is 429 g/mol. The lowest BCUT2D eigenvalue weighted by molar-refractivity contribution is 0.445. The molecule has 4 aromatic rings. The molecular formula is C25H25FN6. The molecule has 1 aliphatic heterocycles. The van der Waals surface area contributed by atoms with E-state index >= 15 is 0 Å². The monoisotopic (exact) mass is 428 g/mol. The third-order valence-corrected chi connectivity index (χ3v) is 5.95. The zero-order valence-corrected chi connectivity index (χ0v) is 18.5. The molecule has 1 aromatic carbocycles. The lowest BCUT2D eigenvalue weighted by Crippen LogP contribution is -2.18. The molecule has 4 heterocycles. The molecule has 3 aromatic heterocycles. The van der Waals surface area contributed by atoms with Gasteiger partial charge in [-0.05, 0) is 75.1 Å². The topological polar surface area (TPSA) is 61.4 Å². The summed E-state index contributed by atoms with van der Waals surface area (Å²) >= 11 is 0. The van der Waals surface area contributed by atoms with E-state index in [-0.39, 0.29) is 11.7 Å². The summed E-state index contributed by atoms with van der Waals surface area (Å²) in [6.45, 7) is 6.61. The third kappa shape index (κ3) is 3.86. The molecule has 0 aliphatic carbocycles. The van der Waals surface area contributed by atoms with Crippen molar-refractivity contribution in [3.63, 3.8) is 0 Å². The predicted octanol–water partition coefficient (Wildman–Crippen LogP) is 5.02. The number of pyridine rings is 1. The van der Waals surface area contributed by atoms with Gasteiger partial charge in [0.15, 0.2) is 5.82 Å². The maximum atomic E-state index is 13.7. The highest BCUT2D eigenvalue weighted by Crippen LogP contribution is 2.33. The highest BCUT2D eigenvalue weighted by molar-refractivity contribution is 5.65. The highest BCUT2D eigenvalue weighted by Gasteiger charge is 2.25. The summed E-state index contributed by atoms with van der Waals surface area (Å²) in [7, 11) is 0. The molecule has 0 saturated carbocycles. The Kier molecular flexibility index (Phi) is 5.17. The van der Waals surface area contributed by atoms with Gasteiger partial charge in [-0.3, -0.25) is 4.98 Å². The molecule has 1 atom stereocenters. The van der Waals surface area contributed by atoms with Crippen LogP contribution in [0.4, 0.5) is 4.39 Å². The van der Waals surface area contributed by atoms with E-state index in [1.165, 1.54) is 0 Å². The molecule has 7 heteroatoms. The zero-order valence-electron chi connectivity index (χ0n) is 18.5. The third-order valence-electron chi connectivity index (χ3n) is 5.95. The van der Waals surface area contributed by atoms with Crippen molar-refractivity contribution >= 4 is 12.2 Å². The molecule has 0 radical (unpaired) electrons. The highest BCUT2D eigenvalue weighted by atomic mass is 19.1. The van der Waals surface area contributed by atoms with Gasteiger partial charge in [0.05, 0.1) is 29.1 Å². The molecule has 0 saturated heterocycles. The molecule has 1 aliphatic rings. The molecule has 5 rings (SSSR count). The van der Waals surface area contributed by atoms with Gasteiger partial charge in [0, 0.05) is 18.7 Å². The van der Waals surface area contributed by atoms with Gasteiger partial charge in [0.25, 0.3) is 0 Å². The van der Waals surface area contributed by atoms with E-state index in [9.17, 15) is 4.39 Å². The lowest BCUT2D eigenvalue weighted by atomic mass is 9.90. The summed E-state index contributed by atoms with van der Waals surface area (Å²) in [5, 5.41) is 4.68. The van der Waals surface area contributed by atoms with Crippen molar-refractivity contribution < 1.29 is 4.39 Å². The minimum atomic E-state index is -0.174. The van der Waals surface area contributed by atoms with Gasteiger partial charge in [-0.25, -0.2) is 19.0 Å². The van der Waals surface area contributed by atoms with Crippen LogP contribution < -0.4 is 0 Å². The first-order chi connectivity index (χ1) is 15.5. The summed E-state index contributed by atoms with van der Waals surface area (Å²) in [6, 6.07) is 9.36. The SMILES string of the molecule is Cc1cn(-c2ccc(/C=C/c3nc4n(n3)CCC[C@@H]4c3ccc(F)c(C)c3)nc2C)cn1. The fraction of sp³-hybridized carbons (Fsp3) is 0.280. The van der Waals surface area contributed by atoms with Crippen LogP contribution in [0.3, 0.4) is 0 Å². The number of benzene rings is 1. The van der Waals surface area contributed by atoms with Crippen molar-refractivity contribution in [1.29, 1.82) is 0 Å². The summed E-state index contributed by atoms with van der Waals surface area (Å²) in [5.74, 6) is 1.57. The average Bonchev–Trinajstić information content (AvgIpc) is 3.40. The van der Waals surface area contributed by atoms with E-state index in [1.807, 2.05) is 65.7 Å². The normalized spacial score (nSPS) is 15.9. The summed E-state index contributed by atoms with van der Waals surface area (Å²) in [4.78, 5) is 13.8. The van der Waals surface area contributed by atoms with Crippen molar-refractivity contribution in [2.75, 3.05) is 0 Å². The molecule has 32 heavy (non-hydrogen) atoms. The standard InChI is InChI=1S/C25H25FN6/c1-16-13-19(6-9-22(16)26)21-5-4-12-32-25(21)29-24(30-32)11-8-20-7-10-23(18(3)28-20)31-14-17(2)27-15-31/h6-11,13-15,21H,4-5,12H2,1-3H3/b11-8+/t21-/m1/s1. The van der Waals surface area contributed by atoms with Crippen molar-refractivity contribution in [3.05, 3.63) is 88.5 Å². The Morgan fingerprint density at radius 1 is 1.06 bits per heavy atom. The first-order valence-electron chi connectivity index (χ1n) is 10.9. The molecule has 0 amide bonds. The minimum Gasteiger partial charge on any atom is -0.304 e. The number of rotatable bonds is 4.